The van der Waals surface area contributed by atoms with Gasteiger partial charge < -0.3 is 9.47 Å². The molecule has 0 N–H and O–H groups in total. The van der Waals surface area contributed by atoms with Crippen LogP contribution < -0.4 is 0 Å². The molecule has 0 spiro atoms. The molecule has 1 aliphatic carbocycles. The second-order valence-corrected chi connectivity index (χ2v) is 5.92. The fourth-order valence-corrected chi connectivity index (χ4v) is 3.47. The normalized spacial score (nSPS) is 26.1. The number of esters is 1. The topological polar surface area (TPSA) is 38.8 Å². The second-order valence-electron chi connectivity index (χ2n) is 5.92. The number of rotatable bonds is 3. The molecular formula is C17H23NO3. The van der Waals surface area contributed by atoms with E-state index >= 15 is 0 Å². The van der Waals surface area contributed by atoms with Crippen LogP contribution in [0.1, 0.15) is 41.6 Å². The maximum atomic E-state index is 11.5. The van der Waals surface area contributed by atoms with Crippen LogP contribution in [0, 0.1) is 0 Å². The molecule has 2 atom stereocenters. The highest BCUT2D eigenvalue weighted by atomic mass is 16.5. The molecule has 1 saturated heterocycles. The van der Waals surface area contributed by atoms with Crippen molar-refractivity contribution in [1.29, 1.82) is 0 Å². The van der Waals surface area contributed by atoms with Crippen molar-refractivity contribution < 1.29 is 14.3 Å². The summed E-state index contributed by atoms with van der Waals surface area (Å²) in [5, 5.41) is 0. The van der Waals surface area contributed by atoms with Gasteiger partial charge in [0.25, 0.3) is 0 Å². The van der Waals surface area contributed by atoms with Gasteiger partial charge in [0.05, 0.1) is 25.4 Å². The molecular weight excluding hydrogens is 266 g/mol. The van der Waals surface area contributed by atoms with Crippen molar-refractivity contribution in [2.24, 2.45) is 0 Å². The highest BCUT2D eigenvalue weighted by molar-refractivity contribution is 5.89. The zero-order chi connectivity index (χ0) is 14.7. The SMILES string of the molecule is COC(=O)c1ccc(CN2CCOC3CCCCC32)cc1. The summed E-state index contributed by atoms with van der Waals surface area (Å²) in [7, 11) is 1.41. The standard InChI is InChI=1S/C17H23NO3/c1-20-17(19)14-8-6-13(7-9-14)12-18-10-11-21-16-5-3-2-4-15(16)18/h6-9,15-16H,2-5,10-12H2,1H3. The molecule has 1 heterocycles. The Balaban J connectivity index is 1.66. The van der Waals surface area contributed by atoms with E-state index in [0.29, 0.717) is 17.7 Å². The quantitative estimate of drug-likeness (QED) is 0.802. The smallest absolute Gasteiger partial charge is 0.337 e. The number of carbonyl (C=O) groups is 1. The lowest BCUT2D eigenvalue weighted by Gasteiger charge is -2.43. The van der Waals surface area contributed by atoms with Crippen LogP contribution in [0.15, 0.2) is 24.3 Å². The fourth-order valence-electron chi connectivity index (χ4n) is 3.47. The van der Waals surface area contributed by atoms with Crippen molar-refractivity contribution in [1.82, 2.24) is 4.90 Å². The van der Waals surface area contributed by atoms with Gasteiger partial charge >= 0.3 is 5.97 Å². The lowest BCUT2D eigenvalue weighted by Crippen LogP contribution is -2.52. The van der Waals surface area contributed by atoms with E-state index in [1.54, 1.807) is 0 Å². The predicted octanol–water partition coefficient (Wildman–Crippen LogP) is 2.62. The number of fused-ring (bicyclic) bond motifs is 1. The second kappa shape index (κ2) is 6.58. The van der Waals surface area contributed by atoms with Crippen molar-refractivity contribution in [2.75, 3.05) is 20.3 Å². The zero-order valence-electron chi connectivity index (χ0n) is 12.6. The predicted molar refractivity (Wildman–Crippen MR) is 80.2 cm³/mol. The zero-order valence-corrected chi connectivity index (χ0v) is 12.6. The Hall–Kier alpha value is -1.39. The van der Waals surface area contributed by atoms with Gasteiger partial charge in [-0.25, -0.2) is 4.79 Å². The van der Waals surface area contributed by atoms with E-state index in [2.05, 4.69) is 4.90 Å². The molecule has 1 aromatic carbocycles. The van der Waals surface area contributed by atoms with Crippen molar-refractivity contribution in [3.8, 4) is 0 Å². The minimum Gasteiger partial charge on any atom is -0.465 e. The molecule has 114 valence electrons. The van der Waals surface area contributed by atoms with Crippen LogP contribution in [0.3, 0.4) is 0 Å². The molecule has 1 saturated carbocycles. The number of hydrogen-bond donors (Lipinski definition) is 0. The van der Waals surface area contributed by atoms with Crippen LogP contribution in [0.4, 0.5) is 0 Å². The van der Waals surface area contributed by atoms with E-state index in [-0.39, 0.29) is 5.97 Å². The van der Waals surface area contributed by atoms with Gasteiger partial charge in [-0.15, -0.1) is 0 Å². The molecule has 4 nitrogen and oxygen atoms in total. The number of nitrogens with zero attached hydrogens (tertiary/aromatic N) is 1. The lowest BCUT2D eigenvalue weighted by atomic mass is 9.90. The van der Waals surface area contributed by atoms with Crippen LogP contribution in [0.2, 0.25) is 0 Å². The number of benzene rings is 1. The molecule has 2 aliphatic rings. The Morgan fingerprint density at radius 1 is 1.29 bits per heavy atom. The first-order valence-corrected chi connectivity index (χ1v) is 7.81. The summed E-state index contributed by atoms with van der Waals surface area (Å²) in [6.07, 6.45) is 5.46. The minimum atomic E-state index is -0.278. The molecule has 2 unspecified atom stereocenters. The first-order chi connectivity index (χ1) is 10.3. The number of methoxy groups -OCH3 is 1. The highest BCUT2D eigenvalue weighted by Gasteiger charge is 2.33. The average Bonchev–Trinajstić information content (AvgIpc) is 2.55. The van der Waals surface area contributed by atoms with E-state index in [9.17, 15) is 4.79 Å². The number of morpholine rings is 1. The summed E-state index contributed by atoms with van der Waals surface area (Å²) >= 11 is 0. The van der Waals surface area contributed by atoms with E-state index < -0.39 is 0 Å². The van der Waals surface area contributed by atoms with Gasteiger partial charge in [-0.1, -0.05) is 25.0 Å². The number of ether oxygens (including phenoxy) is 2. The molecule has 0 amide bonds. The van der Waals surface area contributed by atoms with Gasteiger partial charge in [-0.2, -0.15) is 0 Å². The minimum absolute atomic E-state index is 0.278. The van der Waals surface area contributed by atoms with Gasteiger partial charge in [0.15, 0.2) is 0 Å². The summed E-state index contributed by atoms with van der Waals surface area (Å²) in [5.74, 6) is -0.278. The molecule has 21 heavy (non-hydrogen) atoms. The molecule has 1 aromatic rings. The van der Waals surface area contributed by atoms with E-state index in [4.69, 9.17) is 9.47 Å². The first kappa shape index (κ1) is 14.5. The molecule has 0 radical (unpaired) electrons. The molecule has 0 bridgehead atoms. The van der Waals surface area contributed by atoms with E-state index in [0.717, 1.165) is 19.7 Å². The summed E-state index contributed by atoms with van der Waals surface area (Å²) < 4.78 is 10.6. The fraction of sp³-hybridized carbons (Fsp3) is 0.588. The monoisotopic (exact) mass is 289 g/mol. The summed E-state index contributed by atoms with van der Waals surface area (Å²) in [6.45, 7) is 2.77. The highest BCUT2D eigenvalue weighted by Crippen LogP contribution is 2.29. The maximum absolute atomic E-state index is 11.5. The molecule has 0 aromatic heterocycles. The summed E-state index contributed by atoms with van der Waals surface area (Å²) in [6, 6.07) is 8.31. The Morgan fingerprint density at radius 3 is 2.81 bits per heavy atom. The largest absolute Gasteiger partial charge is 0.465 e. The van der Waals surface area contributed by atoms with Crippen LogP contribution >= 0.6 is 0 Å². The van der Waals surface area contributed by atoms with E-state index in [1.165, 1.54) is 38.4 Å². The Morgan fingerprint density at radius 2 is 2.05 bits per heavy atom. The van der Waals surface area contributed by atoms with Crippen molar-refractivity contribution in [3.63, 3.8) is 0 Å². The summed E-state index contributed by atoms with van der Waals surface area (Å²) in [4.78, 5) is 14.0. The Kier molecular flexibility index (Phi) is 4.56. The Bertz CT molecular complexity index is 483. The van der Waals surface area contributed by atoms with Crippen LogP contribution in [0.25, 0.3) is 0 Å². The van der Waals surface area contributed by atoms with Gasteiger partial charge in [0, 0.05) is 19.1 Å². The van der Waals surface area contributed by atoms with Gasteiger partial charge in [0.1, 0.15) is 0 Å². The van der Waals surface area contributed by atoms with Crippen LogP contribution in [0.5, 0.6) is 0 Å². The molecule has 3 rings (SSSR count). The molecule has 1 aliphatic heterocycles. The third-order valence-electron chi connectivity index (χ3n) is 4.61. The average molecular weight is 289 g/mol. The maximum Gasteiger partial charge on any atom is 0.337 e. The van der Waals surface area contributed by atoms with Gasteiger partial charge in [0.2, 0.25) is 0 Å². The van der Waals surface area contributed by atoms with Crippen molar-refractivity contribution >= 4 is 5.97 Å². The lowest BCUT2D eigenvalue weighted by molar-refractivity contribution is -0.0911. The third-order valence-corrected chi connectivity index (χ3v) is 4.61. The van der Waals surface area contributed by atoms with Crippen LogP contribution in [-0.2, 0) is 16.0 Å². The Labute approximate surface area is 126 Å². The molecule has 4 heteroatoms. The van der Waals surface area contributed by atoms with Crippen LogP contribution in [-0.4, -0.2) is 43.3 Å². The van der Waals surface area contributed by atoms with E-state index in [1.807, 2.05) is 24.3 Å². The van der Waals surface area contributed by atoms with Crippen molar-refractivity contribution in [3.05, 3.63) is 35.4 Å². The van der Waals surface area contributed by atoms with Gasteiger partial charge in [-0.3, -0.25) is 4.90 Å². The van der Waals surface area contributed by atoms with Gasteiger partial charge in [-0.05, 0) is 30.5 Å². The number of hydrogen-bond acceptors (Lipinski definition) is 4. The first-order valence-electron chi connectivity index (χ1n) is 7.81. The third kappa shape index (κ3) is 3.27. The van der Waals surface area contributed by atoms with Crippen molar-refractivity contribution in [2.45, 2.75) is 44.4 Å². The number of carbonyl (C=O) groups excluding carboxylic acids is 1. The molecule has 2 fully saturated rings. The summed E-state index contributed by atoms with van der Waals surface area (Å²) in [5.41, 5.74) is 1.85.